The molecule has 1 fully saturated rings. The van der Waals surface area contributed by atoms with E-state index in [1.54, 1.807) is 22.9 Å². The third-order valence-corrected chi connectivity index (χ3v) is 4.95. The third-order valence-electron chi connectivity index (χ3n) is 4.63. The Labute approximate surface area is 158 Å². The van der Waals surface area contributed by atoms with Crippen molar-refractivity contribution in [1.29, 1.82) is 0 Å². The summed E-state index contributed by atoms with van der Waals surface area (Å²) in [6.07, 6.45) is 1.65. The molecule has 1 N–H and O–H groups in total. The molecule has 1 aliphatic rings. The number of nitrogens with one attached hydrogen (secondary N) is 1. The Balaban J connectivity index is 1.78. The standard InChI is InChI=1S/C20H22ClN3O2/c1-14(25)23(2)16-8-5-7-15(13-16)22-18-10-6-12-24(20(18)26)19-11-4-3-9-17(19)21/h3-5,7-9,11,13,18,22H,6,10,12H2,1-2H3. The van der Waals surface area contributed by atoms with Crippen LogP contribution in [0.15, 0.2) is 48.5 Å². The van der Waals surface area contributed by atoms with E-state index in [4.69, 9.17) is 11.6 Å². The highest BCUT2D eigenvalue weighted by atomic mass is 35.5. The number of carbonyl (C=O) groups is 2. The van der Waals surface area contributed by atoms with Crippen molar-refractivity contribution in [3.63, 3.8) is 0 Å². The van der Waals surface area contributed by atoms with E-state index in [-0.39, 0.29) is 17.9 Å². The van der Waals surface area contributed by atoms with Crippen LogP contribution in [0.2, 0.25) is 5.02 Å². The van der Waals surface area contributed by atoms with Crippen molar-refractivity contribution in [2.75, 3.05) is 28.7 Å². The van der Waals surface area contributed by atoms with Crippen LogP contribution in [0, 0.1) is 0 Å². The van der Waals surface area contributed by atoms with Crippen LogP contribution in [0.4, 0.5) is 17.1 Å². The number of rotatable bonds is 4. The van der Waals surface area contributed by atoms with Crippen molar-refractivity contribution in [1.82, 2.24) is 0 Å². The van der Waals surface area contributed by atoms with Gasteiger partial charge >= 0.3 is 0 Å². The number of carbonyl (C=O) groups excluding carboxylic acids is 2. The highest BCUT2D eigenvalue weighted by Gasteiger charge is 2.30. The lowest BCUT2D eigenvalue weighted by Crippen LogP contribution is -2.47. The minimum atomic E-state index is -0.321. The summed E-state index contributed by atoms with van der Waals surface area (Å²) < 4.78 is 0. The maximum absolute atomic E-state index is 12.9. The molecule has 0 radical (unpaired) electrons. The summed E-state index contributed by atoms with van der Waals surface area (Å²) in [5.41, 5.74) is 2.35. The zero-order valence-corrected chi connectivity index (χ0v) is 15.7. The van der Waals surface area contributed by atoms with Gasteiger partial charge in [-0.3, -0.25) is 9.59 Å². The van der Waals surface area contributed by atoms with Crippen molar-refractivity contribution in [2.45, 2.75) is 25.8 Å². The van der Waals surface area contributed by atoms with Gasteiger partial charge in [0.2, 0.25) is 11.8 Å². The SMILES string of the molecule is CC(=O)N(C)c1cccc(NC2CCCN(c3ccccc3Cl)C2=O)c1. The van der Waals surface area contributed by atoms with Crippen molar-refractivity contribution in [2.24, 2.45) is 0 Å². The molecule has 1 aliphatic heterocycles. The fourth-order valence-electron chi connectivity index (χ4n) is 3.11. The van der Waals surface area contributed by atoms with Gasteiger partial charge in [-0.25, -0.2) is 0 Å². The molecule has 2 aromatic carbocycles. The molecule has 26 heavy (non-hydrogen) atoms. The molecule has 0 saturated carbocycles. The van der Waals surface area contributed by atoms with Gasteiger partial charge in [-0.1, -0.05) is 29.8 Å². The topological polar surface area (TPSA) is 52.7 Å². The highest BCUT2D eigenvalue weighted by molar-refractivity contribution is 6.33. The zero-order chi connectivity index (χ0) is 18.7. The summed E-state index contributed by atoms with van der Waals surface area (Å²) in [5.74, 6) is -0.0320. The average Bonchev–Trinajstić information content (AvgIpc) is 2.64. The number of anilines is 3. The minimum absolute atomic E-state index is 0.00896. The van der Waals surface area contributed by atoms with Crippen LogP contribution in [-0.2, 0) is 9.59 Å². The van der Waals surface area contributed by atoms with Crippen molar-refractivity contribution in [3.05, 3.63) is 53.6 Å². The van der Waals surface area contributed by atoms with Crippen LogP contribution in [0.25, 0.3) is 0 Å². The molecule has 5 nitrogen and oxygen atoms in total. The molecule has 6 heteroatoms. The molecule has 1 heterocycles. The van der Waals surface area contributed by atoms with E-state index < -0.39 is 0 Å². The van der Waals surface area contributed by atoms with E-state index >= 15 is 0 Å². The third kappa shape index (κ3) is 3.83. The number of halogens is 1. The van der Waals surface area contributed by atoms with Gasteiger partial charge in [0, 0.05) is 31.9 Å². The first-order valence-corrected chi connectivity index (χ1v) is 9.02. The van der Waals surface area contributed by atoms with Crippen LogP contribution in [0.5, 0.6) is 0 Å². The molecule has 136 valence electrons. The second-order valence-corrected chi connectivity index (χ2v) is 6.82. The van der Waals surface area contributed by atoms with Gasteiger partial charge in [-0.15, -0.1) is 0 Å². The van der Waals surface area contributed by atoms with E-state index in [0.29, 0.717) is 11.6 Å². The van der Waals surface area contributed by atoms with E-state index in [1.807, 2.05) is 42.5 Å². The average molecular weight is 372 g/mol. The summed E-state index contributed by atoms with van der Waals surface area (Å²) in [7, 11) is 1.73. The summed E-state index contributed by atoms with van der Waals surface area (Å²) >= 11 is 6.26. The van der Waals surface area contributed by atoms with Gasteiger partial charge in [0.15, 0.2) is 0 Å². The maximum Gasteiger partial charge on any atom is 0.249 e. The fraction of sp³-hybridized carbons (Fsp3) is 0.300. The number of para-hydroxylation sites is 1. The van der Waals surface area contributed by atoms with Gasteiger partial charge in [0.25, 0.3) is 0 Å². The van der Waals surface area contributed by atoms with Crippen LogP contribution in [0.3, 0.4) is 0 Å². The highest BCUT2D eigenvalue weighted by Crippen LogP contribution is 2.29. The largest absolute Gasteiger partial charge is 0.374 e. The minimum Gasteiger partial charge on any atom is -0.374 e. The summed E-state index contributed by atoms with van der Waals surface area (Å²) in [5, 5.41) is 3.89. The Morgan fingerprint density at radius 3 is 2.73 bits per heavy atom. The monoisotopic (exact) mass is 371 g/mol. The molecule has 2 aromatic rings. The van der Waals surface area contributed by atoms with E-state index in [9.17, 15) is 9.59 Å². The Hall–Kier alpha value is -2.53. The molecular weight excluding hydrogens is 350 g/mol. The van der Waals surface area contributed by atoms with Crippen LogP contribution < -0.4 is 15.1 Å². The number of amides is 2. The summed E-state index contributed by atoms with van der Waals surface area (Å²) in [4.78, 5) is 27.8. The molecular formula is C20H22ClN3O2. The second-order valence-electron chi connectivity index (χ2n) is 6.41. The first-order valence-electron chi connectivity index (χ1n) is 8.64. The van der Waals surface area contributed by atoms with Crippen molar-refractivity contribution in [3.8, 4) is 0 Å². The molecule has 3 rings (SSSR count). The number of hydrogen-bond donors (Lipinski definition) is 1. The quantitative estimate of drug-likeness (QED) is 0.885. The molecule has 1 unspecified atom stereocenters. The maximum atomic E-state index is 12.9. The Bertz CT molecular complexity index is 824. The molecule has 2 amide bonds. The number of hydrogen-bond acceptors (Lipinski definition) is 3. The van der Waals surface area contributed by atoms with Gasteiger partial charge in [-0.2, -0.15) is 0 Å². The first kappa shape index (κ1) is 18.3. The van der Waals surface area contributed by atoms with Crippen molar-refractivity contribution < 1.29 is 9.59 Å². The number of nitrogens with zero attached hydrogens (tertiary/aromatic N) is 2. The zero-order valence-electron chi connectivity index (χ0n) is 14.9. The molecule has 0 bridgehead atoms. The lowest BCUT2D eigenvalue weighted by molar-refractivity contribution is -0.120. The molecule has 1 atom stereocenters. The Morgan fingerprint density at radius 1 is 1.23 bits per heavy atom. The van der Waals surface area contributed by atoms with Gasteiger partial charge in [-0.05, 0) is 43.2 Å². The van der Waals surface area contributed by atoms with E-state index in [1.165, 1.54) is 6.92 Å². The molecule has 0 aromatic heterocycles. The smallest absolute Gasteiger partial charge is 0.249 e. The predicted molar refractivity (Wildman–Crippen MR) is 106 cm³/mol. The molecule has 0 aliphatic carbocycles. The number of piperidine rings is 1. The van der Waals surface area contributed by atoms with Crippen LogP contribution >= 0.6 is 11.6 Å². The molecule has 0 spiro atoms. The fourth-order valence-corrected chi connectivity index (χ4v) is 3.34. The summed E-state index contributed by atoms with van der Waals surface area (Å²) in [6, 6.07) is 14.6. The number of benzene rings is 2. The lowest BCUT2D eigenvalue weighted by atomic mass is 10.0. The Kier molecular flexibility index (Phi) is 5.47. The van der Waals surface area contributed by atoms with Gasteiger partial charge < -0.3 is 15.1 Å². The van der Waals surface area contributed by atoms with E-state index in [0.717, 1.165) is 29.9 Å². The van der Waals surface area contributed by atoms with Crippen LogP contribution in [-0.4, -0.2) is 31.4 Å². The summed E-state index contributed by atoms with van der Waals surface area (Å²) in [6.45, 7) is 2.18. The second kappa shape index (κ2) is 7.79. The predicted octanol–water partition coefficient (Wildman–Crippen LogP) is 3.93. The first-order chi connectivity index (χ1) is 12.5. The van der Waals surface area contributed by atoms with Gasteiger partial charge in [0.1, 0.15) is 6.04 Å². The van der Waals surface area contributed by atoms with Crippen LogP contribution in [0.1, 0.15) is 19.8 Å². The van der Waals surface area contributed by atoms with E-state index in [2.05, 4.69) is 5.32 Å². The molecule has 1 saturated heterocycles. The normalized spacial score (nSPS) is 17.1. The van der Waals surface area contributed by atoms with Gasteiger partial charge in [0.05, 0.1) is 10.7 Å². The Morgan fingerprint density at radius 2 is 2.00 bits per heavy atom. The lowest BCUT2D eigenvalue weighted by Gasteiger charge is -2.33. The van der Waals surface area contributed by atoms with Crippen molar-refractivity contribution >= 4 is 40.5 Å².